The van der Waals surface area contributed by atoms with Crippen LogP contribution in [0, 0.1) is 13.8 Å². The van der Waals surface area contributed by atoms with Gasteiger partial charge in [-0.25, -0.2) is 9.97 Å². The first-order valence-electron chi connectivity index (χ1n) is 6.46. The summed E-state index contributed by atoms with van der Waals surface area (Å²) in [7, 11) is 1.94. The number of benzene rings is 1. The number of aryl methyl sites for hydroxylation is 2. The van der Waals surface area contributed by atoms with E-state index >= 15 is 0 Å². The molecule has 2 rings (SSSR count). The summed E-state index contributed by atoms with van der Waals surface area (Å²) in [5.74, 6) is 1.68. The average molecular weight is 352 g/mol. The Morgan fingerprint density at radius 3 is 2.50 bits per heavy atom. The molecular formula is C15H18BrN3S. The van der Waals surface area contributed by atoms with Gasteiger partial charge in [0, 0.05) is 32.9 Å². The van der Waals surface area contributed by atoms with Crippen LogP contribution in [0.5, 0.6) is 0 Å². The molecule has 0 aliphatic heterocycles. The Bertz CT molecular complexity index is 578. The maximum atomic E-state index is 4.61. The molecule has 1 aromatic carbocycles. The van der Waals surface area contributed by atoms with E-state index in [-0.39, 0.29) is 0 Å². The number of halogens is 1. The molecule has 0 radical (unpaired) electrons. The Morgan fingerprint density at radius 2 is 1.90 bits per heavy atom. The van der Waals surface area contributed by atoms with Crippen molar-refractivity contribution in [1.29, 1.82) is 0 Å². The lowest BCUT2D eigenvalue weighted by molar-refractivity contribution is 0.778. The highest BCUT2D eigenvalue weighted by atomic mass is 79.9. The molecule has 0 aliphatic rings. The van der Waals surface area contributed by atoms with E-state index in [0.717, 1.165) is 34.0 Å². The molecule has 2 aromatic rings. The van der Waals surface area contributed by atoms with Crippen LogP contribution in [-0.4, -0.2) is 17.0 Å². The minimum atomic E-state index is 0.790. The molecule has 0 fully saturated rings. The zero-order chi connectivity index (χ0) is 14.5. The summed E-state index contributed by atoms with van der Waals surface area (Å²) >= 11 is 5.24. The molecule has 0 bridgehead atoms. The summed E-state index contributed by atoms with van der Waals surface area (Å²) in [6, 6.07) is 8.28. The molecule has 0 spiro atoms. The van der Waals surface area contributed by atoms with Gasteiger partial charge in [-0.2, -0.15) is 0 Å². The maximum absolute atomic E-state index is 4.61. The van der Waals surface area contributed by atoms with Crippen molar-refractivity contribution in [2.75, 3.05) is 7.05 Å². The fourth-order valence-electron chi connectivity index (χ4n) is 2.01. The van der Waals surface area contributed by atoms with Crippen LogP contribution in [0.3, 0.4) is 0 Å². The number of rotatable bonds is 5. The third-order valence-electron chi connectivity index (χ3n) is 2.98. The van der Waals surface area contributed by atoms with Crippen molar-refractivity contribution >= 4 is 27.7 Å². The van der Waals surface area contributed by atoms with Crippen LogP contribution in [0.15, 0.2) is 33.6 Å². The smallest absolute Gasteiger partial charge is 0.139 e. The van der Waals surface area contributed by atoms with Crippen LogP contribution in [0.4, 0.5) is 0 Å². The molecule has 0 saturated heterocycles. The molecule has 20 heavy (non-hydrogen) atoms. The van der Waals surface area contributed by atoms with E-state index in [1.54, 1.807) is 11.8 Å². The van der Waals surface area contributed by atoms with Gasteiger partial charge >= 0.3 is 0 Å². The molecule has 0 atom stereocenters. The summed E-state index contributed by atoms with van der Waals surface area (Å²) in [5, 5.41) is 3.16. The van der Waals surface area contributed by atoms with Gasteiger partial charge in [-0.05, 0) is 39.1 Å². The Morgan fingerprint density at radius 1 is 1.20 bits per heavy atom. The zero-order valence-electron chi connectivity index (χ0n) is 11.9. The van der Waals surface area contributed by atoms with E-state index in [2.05, 4.69) is 57.2 Å². The first-order valence-corrected chi connectivity index (χ1v) is 8.24. The van der Waals surface area contributed by atoms with Gasteiger partial charge < -0.3 is 5.32 Å². The first kappa shape index (κ1) is 15.5. The minimum Gasteiger partial charge on any atom is -0.316 e. The highest BCUT2D eigenvalue weighted by molar-refractivity contribution is 9.10. The quantitative estimate of drug-likeness (QED) is 0.829. The maximum Gasteiger partial charge on any atom is 0.139 e. The van der Waals surface area contributed by atoms with Gasteiger partial charge in [-0.1, -0.05) is 22.0 Å². The molecule has 1 heterocycles. The van der Waals surface area contributed by atoms with Crippen LogP contribution in [0.25, 0.3) is 0 Å². The standard InChI is InChI=1S/C15H18BrN3S/c1-10-14(8-17-3)11(2)19-15(18-10)9-20-13-6-4-5-12(16)7-13/h4-7,17H,8-9H2,1-3H3. The fraction of sp³-hybridized carbons (Fsp3) is 0.333. The predicted octanol–water partition coefficient (Wildman–Crippen LogP) is 3.87. The zero-order valence-corrected chi connectivity index (χ0v) is 14.3. The fourth-order valence-corrected chi connectivity index (χ4v) is 3.37. The second-order valence-corrected chi connectivity index (χ2v) is 6.53. The molecule has 0 aliphatic carbocycles. The molecule has 106 valence electrons. The van der Waals surface area contributed by atoms with Crippen LogP contribution in [0.2, 0.25) is 0 Å². The van der Waals surface area contributed by atoms with Crippen molar-refractivity contribution in [2.24, 2.45) is 0 Å². The molecule has 1 N–H and O–H groups in total. The SMILES string of the molecule is CNCc1c(C)nc(CSc2cccc(Br)c2)nc1C. The summed E-state index contributed by atoms with van der Waals surface area (Å²) in [5.41, 5.74) is 3.33. The van der Waals surface area contributed by atoms with E-state index in [4.69, 9.17) is 0 Å². The van der Waals surface area contributed by atoms with E-state index in [9.17, 15) is 0 Å². The highest BCUT2D eigenvalue weighted by Gasteiger charge is 2.08. The van der Waals surface area contributed by atoms with E-state index in [1.165, 1.54) is 10.5 Å². The average Bonchev–Trinajstić information content (AvgIpc) is 2.41. The normalized spacial score (nSPS) is 10.8. The van der Waals surface area contributed by atoms with Crippen molar-refractivity contribution in [3.05, 3.63) is 51.5 Å². The molecule has 0 unspecified atom stereocenters. The van der Waals surface area contributed by atoms with Crippen LogP contribution < -0.4 is 5.32 Å². The molecule has 0 saturated carbocycles. The van der Waals surface area contributed by atoms with Crippen LogP contribution >= 0.6 is 27.7 Å². The number of hydrogen-bond donors (Lipinski definition) is 1. The van der Waals surface area contributed by atoms with Gasteiger partial charge in [0.25, 0.3) is 0 Å². The van der Waals surface area contributed by atoms with Crippen molar-refractivity contribution in [1.82, 2.24) is 15.3 Å². The summed E-state index contributed by atoms with van der Waals surface area (Å²) in [6.07, 6.45) is 0. The van der Waals surface area contributed by atoms with Gasteiger partial charge in [0.15, 0.2) is 0 Å². The molecule has 3 nitrogen and oxygen atoms in total. The Kier molecular flexibility index (Phi) is 5.57. The van der Waals surface area contributed by atoms with Crippen molar-refractivity contribution in [3.8, 4) is 0 Å². The molecule has 5 heteroatoms. The number of nitrogens with zero attached hydrogens (tertiary/aromatic N) is 2. The highest BCUT2D eigenvalue weighted by Crippen LogP contribution is 2.24. The minimum absolute atomic E-state index is 0.790. The van der Waals surface area contributed by atoms with E-state index in [1.807, 2.05) is 19.2 Å². The van der Waals surface area contributed by atoms with Crippen molar-refractivity contribution in [3.63, 3.8) is 0 Å². The third kappa shape index (κ3) is 4.04. The van der Waals surface area contributed by atoms with Crippen molar-refractivity contribution in [2.45, 2.75) is 31.0 Å². The largest absolute Gasteiger partial charge is 0.316 e. The number of hydrogen-bond acceptors (Lipinski definition) is 4. The number of thioether (sulfide) groups is 1. The van der Waals surface area contributed by atoms with Gasteiger partial charge in [0.05, 0.1) is 5.75 Å². The van der Waals surface area contributed by atoms with Crippen molar-refractivity contribution < 1.29 is 0 Å². The van der Waals surface area contributed by atoms with Gasteiger partial charge in [-0.3, -0.25) is 0 Å². The van der Waals surface area contributed by atoms with E-state index < -0.39 is 0 Å². The van der Waals surface area contributed by atoms with Gasteiger partial charge in [0.2, 0.25) is 0 Å². The molecule has 0 amide bonds. The summed E-state index contributed by atoms with van der Waals surface area (Å²) in [6.45, 7) is 4.92. The Hall–Kier alpha value is -0.910. The lowest BCUT2D eigenvalue weighted by atomic mass is 10.1. The first-order chi connectivity index (χ1) is 9.60. The third-order valence-corrected chi connectivity index (χ3v) is 4.47. The van der Waals surface area contributed by atoms with Gasteiger partial charge in [0.1, 0.15) is 5.82 Å². The second-order valence-electron chi connectivity index (χ2n) is 4.57. The predicted molar refractivity (Wildman–Crippen MR) is 88.0 cm³/mol. The monoisotopic (exact) mass is 351 g/mol. The number of aromatic nitrogens is 2. The molecular weight excluding hydrogens is 334 g/mol. The summed E-state index contributed by atoms with van der Waals surface area (Å²) in [4.78, 5) is 10.4. The molecule has 1 aromatic heterocycles. The topological polar surface area (TPSA) is 37.8 Å². The lowest BCUT2D eigenvalue weighted by Crippen LogP contribution is -2.12. The Labute approximate surface area is 132 Å². The van der Waals surface area contributed by atoms with E-state index in [0.29, 0.717) is 0 Å². The number of nitrogens with one attached hydrogen (secondary N) is 1. The summed E-state index contributed by atoms with van der Waals surface area (Å²) < 4.78 is 1.10. The van der Waals surface area contributed by atoms with Crippen LogP contribution in [0.1, 0.15) is 22.8 Å². The second kappa shape index (κ2) is 7.20. The Balaban J connectivity index is 2.10. The van der Waals surface area contributed by atoms with Crippen LogP contribution in [-0.2, 0) is 12.3 Å². The lowest BCUT2D eigenvalue weighted by Gasteiger charge is -2.10. The van der Waals surface area contributed by atoms with Gasteiger partial charge in [-0.15, -0.1) is 11.8 Å².